The van der Waals surface area contributed by atoms with Gasteiger partial charge in [-0.1, -0.05) is 13.3 Å². The number of hydrogen-bond donors (Lipinski definition) is 1. The minimum absolute atomic E-state index is 0.920. The van der Waals surface area contributed by atoms with Crippen molar-refractivity contribution in [3.63, 3.8) is 0 Å². The molecule has 1 aliphatic heterocycles. The van der Waals surface area contributed by atoms with Gasteiger partial charge in [-0.15, -0.1) is 0 Å². The number of fused-ring (bicyclic) bond motifs is 1. The Morgan fingerprint density at radius 1 is 1.38 bits per heavy atom. The molecule has 1 aliphatic carbocycles. The van der Waals surface area contributed by atoms with Crippen LogP contribution in [-0.2, 0) is 0 Å². The summed E-state index contributed by atoms with van der Waals surface area (Å²) >= 11 is 0. The first-order valence-electron chi connectivity index (χ1n) is 3.64. The molecule has 0 radical (unpaired) electrons. The maximum Gasteiger partial charge on any atom is 0.0250 e. The first-order valence-corrected chi connectivity index (χ1v) is 3.64. The first kappa shape index (κ1) is 4.80. The molecule has 0 spiro atoms. The van der Waals surface area contributed by atoms with Crippen molar-refractivity contribution in [2.45, 2.75) is 38.3 Å². The van der Waals surface area contributed by atoms with Crippen LogP contribution >= 0.6 is 0 Å². The van der Waals surface area contributed by atoms with Gasteiger partial charge in [0.2, 0.25) is 0 Å². The van der Waals surface area contributed by atoms with Gasteiger partial charge in [-0.05, 0) is 18.8 Å². The van der Waals surface area contributed by atoms with Gasteiger partial charge in [0.1, 0.15) is 0 Å². The maximum atomic E-state index is 3.48. The van der Waals surface area contributed by atoms with Crippen molar-refractivity contribution in [2.24, 2.45) is 5.92 Å². The summed E-state index contributed by atoms with van der Waals surface area (Å²) in [4.78, 5) is 0. The highest BCUT2D eigenvalue weighted by Crippen LogP contribution is 2.33. The molecule has 1 heteroatoms. The van der Waals surface area contributed by atoms with E-state index in [4.69, 9.17) is 0 Å². The molecule has 2 aliphatic rings. The smallest absolute Gasteiger partial charge is 0.0250 e. The highest BCUT2D eigenvalue weighted by Gasteiger charge is 2.42. The van der Waals surface area contributed by atoms with Gasteiger partial charge >= 0.3 is 0 Å². The second-order valence-corrected chi connectivity index (χ2v) is 3.21. The average molecular weight is 111 g/mol. The van der Waals surface area contributed by atoms with E-state index in [1.165, 1.54) is 19.3 Å². The lowest BCUT2D eigenvalue weighted by Crippen LogP contribution is -2.12. The second-order valence-electron chi connectivity index (χ2n) is 3.21. The topological polar surface area (TPSA) is 21.9 Å². The zero-order chi connectivity index (χ0) is 5.56. The number of nitrogens with one attached hydrogen (secondary N) is 1. The fourth-order valence-electron chi connectivity index (χ4n) is 1.85. The van der Waals surface area contributed by atoms with Crippen LogP contribution in [0.2, 0.25) is 0 Å². The Hall–Kier alpha value is -0.0400. The minimum Gasteiger partial charge on any atom is -0.308 e. The average Bonchev–Trinajstić information content (AvgIpc) is 2.45. The molecule has 0 aromatic heterocycles. The first-order chi connectivity index (χ1) is 3.88. The van der Waals surface area contributed by atoms with E-state index in [9.17, 15) is 0 Å². The summed E-state index contributed by atoms with van der Waals surface area (Å²) in [6.45, 7) is 2.36. The van der Waals surface area contributed by atoms with Gasteiger partial charge in [0.15, 0.2) is 0 Å². The largest absolute Gasteiger partial charge is 0.308 e. The zero-order valence-corrected chi connectivity index (χ0v) is 5.35. The van der Waals surface area contributed by atoms with Crippen LogP contribution < -0.4 is 5.32 Å². The molecule has 0 bridgehead atoms. The quantitative estimate of drug-likeness (QED) is 0.465. The van der Waals surface area contributed by atoms with Crippen molar-refractivity contribution in [3.8, 4) is 0 Å². The third kappa shape index (κ3) is 0.576. The lowest BCUT2D eigenvalue weighted by atomic mass is 9.91. The molecule has 3 atom stereocenters. The molecular weight excluding hydrogens is 98.1 g/mol. The Kier molecular flexibility index (Phi) is 0.884. The molecule has 1 N–H and O–H groups in total. The molecule has 2 rings (SSSR count). The van der Waals surface area contributed by atoms with Gasteiger partial charge in [0.25, 0.3) is 0 Å². The maximum absolute atomic E-state index is 3.48. The molecule has 0 aromatic carbocycles. The molecule has 0 aromatic rings. The standard InChI is InChI=1S/C7H13N/c1-5-3-2-4-6-7(5)8-6/h5-8H,2-4H2,1H3. The van der Waals surface area contributed by atoms with Crippen molar-refractivity contribution < 1.29 is 0 Å². The molecule has 1 saturated carbocycles. The van der Waals surface area contributed by atoms with Crippen molar-refractivity contribution in [2.75, 3.05) is 0 Å². The van der Waals surface area contributed by atoms with Crippen LogP contribution in [0.4, 0.5) is 0 Å². The van der Waals surface area contributed by atoms with Crippen LogP contribution in [0.15, 0.2) is 0 Å². The number of hydrogen-bond acceptors (Lipinski definition) is 1. The molecule has 46 valence electrons. The molecule has 2 fully saturated rings. The van der Waals surface area contributed by atoms with E-state index in [2.05, 4.69) is 12.2 Å². The van der Waals surface area contributed by atoms with Crippen LogP contribution in [0.25, 0.3) is 0 Å². The van der Waals surface area contributed by atoms with Gasteiger partial charge in [-0.2, -0.15) is 0 Å². The lowest BCUT2D eigenvalue weighted by molar-refractivity contribution is 0.438. The van der Waals surface area contributed by atoms with E-state index < -0.39 is 0 Å². The summed E-state index contributed by atoms with van der Waals surface area (Å²) < 4.78 is 0. The van der Waals surface area contributed by atoms with Gasteiger partial charge in [-0.3, -0.25) is 0 Å². The van der Waals surface area contributed by atoms with Crippen molar-refractivity contribution in [1.29, 1.82) is 0 Å². The van der Waals surface area contributed by atoms with Crippen LogP contribution in [0.1, 0.15) is 26.2 Å². The molecule has 3 unspecified atom stereocenters. The van der Waals surface area contributed by atoms with Crippen molar-refractivity contribution >= 4 is 0 Å². The normalized spacial score (nSPS) is 52.9. The fourth-order valence-corrected chi connectivity index (χ4v) is 1.85. The summed E-state index contributed by atoms with van der Waals surface area (Å²) in [6, 6.07) is 1.85. The fraction of sp³-hybridized carbons (Fsp3) is 1.00. The van der Waals surface area contributed by atoms with Crippen LogP contribution in [-0.4, -0.2) is 12.1 Å². The van der Waals surface area contributed by atoms with Gasteiger partial charge in [0.05, 0.1) is 0 Å². The van der Waals surface area contributed by atoms with Crippen molar-refractivity contribution in [3.05, 3.63) is 0 Å². The van der Waals surface area contributed by atoms with Crippen molar-refractivity contribution in [1.82, 2.24) is 5.32 Å². The van der Waals surface area contributed by atoms with Gasteiger partial charge in [-0.25, -0.2) is 0 Å². The van der Waals surface area contributed by atoms with E-state index >= 15 is 0 Å². The summed E-state index contributed by atoms with van der Waals surface area (Å²) in [5, 5.41) is 3.48. The second kappa shape index (κ2) is 1.47. The monoisotopic (exact) mass is 111 g/mol. The summed E-state index contributed by atoms with van der Waals surface area (Å²) in [7, 11) is 0. The zero-order valence-electron chi connectivity index (χ0n) is 5.35. The van der Waals surface area contributed by atoms with E-state index in [-0.39, 0.29) is 0 Å². The third-order valence-electron chi connectivity index (χ3n) is 2.52. The van der Waals surface area contributed by atoms with Crippen LogP contribution in [0, 0.1) is 5.92 Å². The lowest BCUT2D eigenvalue weighted by Gasteiger charge is -2.13. The van der Waals surface area contributed by atoms with Crippen LogP contribution in [0.5, 0.6) is 0 Å². The SMILES string of the molecule is CC1CCCC2NC12. The van der Waals surface area contributed by atoms with E-state index in [1.54, 1.807) is 0 Å². The predicted octanol–water partition coefficient (Wildman–Crippen LogP) is 1.15. The highest BCUT2D eigenvalue weighted by atomic mass is 15.2. The van der Waals surface area contributed by atoms with Gasteiger partial charge < -0.3 is 5.32 Å². The minimum atomic E-state index is 0.920. The Morgan fingerprint density at radius 3 is 2.88 bits per heavy atom. The molecule has 0 amide bonds. The molecular formula is C7H13N. The highest BCUT2D eigenvalue weighted by molar-refractivity contribution is 5.03. The molecule has 1 nitrogen and oxygen atoms in total. The van der Waals surface area contributed by atoms with E-state index in [0.717, 1.165) is 18.0 Å². The summed E-state index contributed by atoms with van der Waals surface area (Å²) in [6.07, 6.45) is 4.35. The predicted molar refractivity (Wildman–Crippen MR) is 33.7 cm³/mol. The Morgan fingerprint density at radius 2 is 2.25 bits per heavy atom. The Bertz CT molecular complexity index is 101. The van der Waals surface area contributed by atoms with E-state index in [0.29, 0.717) is 0 Å². The summed E-state index contributed by atoms with van der Waals surface area (Å²) in [5.74, 6) is 0.966. The Balaban J connectivity index is 1.99. The molecule has 8 heavy (non-hydrogen) atoms. The van der Waals surface area contributed by atoms with Gasteiger partial charge in [0, 0.05) is 12.1 Å². The van der Waals surface area contributed by atoms with E-state index in [1.807, 2.05) is 0 Å². The third-order valence-corrected chi connectivity index (χ3v) is 2.52. The number of rotatable bonds is 0. The Labute approximate surface area is 50.5 Å². The molecule has 1 heterocycles. The molecule has 1 saturated heterocycles. The summed E-state index contributed by atoms with van der Waals surface area (Å²) in [5.41, 5.74) is 0. The van der Waals surface area contributed by atoms with Crippen LogP contribution in [0.3, 0.4) is 0 Å².